The minimum atomic E-state index is 0.0276. The molecule has 0 bridgehead atoms. The van der Waals surface area contributed by atoms with Crippen LogP contribution in [0.15, 0.2) is 0 Å². The van der Waals surface area contributed by atoms with E-state index >= 15 is 0 Å². The van der Waals surface area contributed by atoms with Gasteiger partial charge in [-0.3, -0.25) is 9.59 Å². The summed E-state index contributed by atoms with van der Waals surface area (Å²) in [6.07, 6.45) is 4.52. The highest BCUT2D eigenvalue weighted by Gasteiger charge is 2.15. The molecule has 1 fully saturated rings. The van der Waals surface area contributed by atoms with Crippen molar-refractivity contribution in [2.24, 2.45) is 0 Å². The van der Waals surface area contributed by atoms with Crippen LogP contribution in [0.1, 0.15) is 32.1 Å². The van der Waals surface area contributed by atoms with Gasteiger partial charge in [0.05, 0.1) is 0 Å². The zero-order chi connectivity index (χ0) is 12.5. The van der Waals surface area contributed by atoms with Gasteiger partial charge in [-0.2, -0.15) is 0 Å². The molecular weight excluding hydrogens is 218 g/mol. The number of carbonyl (C=O) groups excluding carboxylic acids is 2. The van der Waals surface area contributed by atoms with Crippen LogP contribution in [0.5, 0.6) is 0 Å². The summed E-state index contributed by atoms with van der Waals surface area (Å²) >= 11 is 0. The fourth-order valence-electron chi connectivity index (χ4n) is 1.95. The molecular formula is C12H23N3O2. The zero-order valence-corrected chi connectivity index (χ0v) is 10.6. The lowest BCUT2D eigenvalue weighted by Crippen LogP contribution is -2.37. The molecule has 0 aromatic heterocycles. The fourth-order valence-corrected chi connectivity index (χ4v) is 1.95. The van der Waals surface area contributed by atoms with Gasteiger partial charge in [-0.05, 0) is 19.3 Å². The number of piperidine rings is 1. The summed E-state index contributed by atoms with van der Waals surface area (Å²) in [7, 11) is 1.63. The SMILES string of the molecule is CNC(=O)CCNCCC(=O)N1CCCCC1. The van der Waals surface area contributed by atoms with E-state index in [0.717, 1.165) is 25.9 Å². The van der Waals surface area contributed by atoms with Crippen molar-refractivity contribution in [3.8, 4) is 0 Å². The first kappa shape index (κ1) is 14.0. The van der Waals surface area contributed by atoms with Gasteiger partial charge >= 0.3 is 0 Å². The van der Waals surface area contributed by atoms with E-state index in [4.69, 9.17) is 0 Å². The molecule has 1 saturated heterocycles. The van der Waals surface area contributed by atoms with Crippen LogP contribution >= 0.6 is 0 Å². The van der Waals surface area contributed by atoms with E-state index in [9.17, 15) is 9.59 Å². The Labute approximate surface area is 103 Å². The number of hydrogen-bond acceptors (Lipinski definition) is 3. The first-order valence-electron chi connectivity index (χ1n) is 6.43. The second-order valence-electron chi connectivity index (χ2n) is 4.36. The predicted octanol–water partition coefficient (Wildman–Crippen LogP) is 0.115. The number of nitrogens with one attached hydrogen (secondary N) is 2. The standard InChI is InChI=1S/C12H23N3O2/c1-13-11(16)5-7-14-8-6-12(17)15-9-3-2-4-10-15/h14H,2-10H2,1H3,(H,13,16). The average Bonchev–Trinajstić information content (AvgIpc) is 2.38. The lowest BCUT2D eigenvalue weighted by atomic mass is 10.1. The van der Waals surface area contributed by atoms with E-state index in [-0.39, 0.29) is 11.8 Å². The Morgan fingerprint density at radius 3 is 2.35 bits per heavy atom. The van der Waals surface area contributed by atoms with Gasteiger partial charge in [-0.25, -0.2) is 0 Å². The van der Waals surface area contributed by atoms with Crippen LogP contribution in [0.3, 0.4) is 0 Å². The Balaban J connectivity index is 2.01. The minimum absolute atomic E-state index is 0.0276. The summed E-state index contributed by atoms with van der Waals surface area (Å²) in [6.45, 7) is 3.12. The van der Waals surface area contributed by atoms with Gasteiger partial charge in [0.2, 0.25) is 11.8 Å². The minimum Gasteiger partial charge on any atom is -0.359 e. The Morgan fingerprint density at radius 1 is 1.06 bits per heavy atom. The maximum Gasteiger partial charge on any atom is 0.223 e. The van der Waals surface area contributed by atoms with E-state index < -0.39 is 0 Å². The van der Waals surface area contributed by atoms with Crippen molar-refractivity contribution in [1.82, 2.24) is 15.5 Å². The van der Waals surface area contributed by atoms with Crippen LogP contribution in [0.4, 0.5) is 0 Å². The zero-order valence-electron chi connectivity index (χ0n) is 10.6. The summed E-state index contributed by atoms with van der Waals surface area (Å²) in [4.78, 5) is 24.6. The van der Waals surface area contributed by atoms with Crippen LogP contribution in [0.2, 0.25) is 0 Å². The maximum atomic E-state index is 11.8. The van der Waals surface area contributed by atoms with Gasteiger partial charge < -0.3 is 15.5 Å². The molecule has 5 nitrogen and oxygen atoms in total. The molecule has 0 aromatic rings. The average molecular weight is 241 g/mol. The molecule has 2 amide bonds. The lowest BCUT2D eigenvalue weighted by Gasteiger charge is -2.26. The van der Waals surface area contributed by atoms with Gasteiger partial charge in [0.1, 0.15) is 0 Å². The summed E-state index contributed by atoms with van der Waals surface area (Å²) in [6, 6.07) is 0. The van der Waals surface area contributed by atoms with E-state index in [1.54, 1.807) is 7.05 Å². The van der Waals surface area contributed by atoms with E-state index in [0.29, 0.717) is 25.9 Å². The largest absolute Gasteiger partial charge is 0.359 e. The quantitative estimate of drug-likeness (QED) is 0.649. The lowest BCUT2D eigenvalue weighted by molar-refractivity contribution is -0.131. The Bertz CT molecular complexity index is 250. The molecule has 0 spiro atoms. The highest BCUT2D eigenvalue weighted by atomic mass is 16.2. The van der Waals surface area contributed by atoms with Crippen LogP contribution in [0, 0.1) is 0 Å². The molecule has 1 rings (SSSR count). The Kier molecular flexibility index (Phi) is 6.62. The van der Waals surface area contributed by atoms with Gasteiger partial charge in [-0.15, -0.1) is 0 Å². The van der Waals surface area contributed by atoms with E-state index in [1.807, 2.05) is 4.90 Å². The molecule has 0 unspecified atom stereocenters. The van der Waals surface area contributed by atoms with Crippen LogP contribution in [0.25, 0.3) is 0 Å². The van der Waals surface area contributed by atoms with Crippen LogP contribution < -0.4 is 10.6 Å². The second kappa shape index (κ2) is 8.06. The van der Waals surface area contributed by atoms with Gasteiger partial charge in [0.25, 0.3) is 0 Å². The smallest absolute Gasteiger partial charge is 0.223 e. The Morgan fingerprint density at radius 2 is 1.71 bits per heavy atom. The van der Waals surface area contributed by atoms with Crippen molar-refractivity contribution in [3.05, 3.63) is 0 Å². The third-order valence-electron chi connectivity index (χ3n) is 3.03. The Hall–Kier alpha value is -1.10. The van der Waals surface area contributed by atoms with Crippen LogP contribution in [-0.4, -0.2) is 49.9 Å². The number of likely N-dealkylation sites (tertiary alicyclic amines) is 1. The maximum absolute atomic E-state index is 11.8. The third-order valence-corrected chi connectivity index (χ3v) is 3.03. The fraction of sp³-hybridized carbons (Fsp3) is 0.833. The highest BCUT2D eigenvalue weighted by Crippen LogP contribution is 2.09. The number of hydrogen-bond donors (Lipinski definition) is 2. The molecule has 1 aliphatic heterocycles. The predicted molar refractivity (Wildman–Crippen MR) is 66.6 cm³/mol. The first-order chi connectivity index (χ1) is 8.24. The second-order valence-corrected chi connectivity index (χ2v) is 4.36. The molecule has 0 radical (unpaired) electrons. The molecule has 1 heterocycles. The van der Waals surface area contributed by atoms with Gasteiger partial charge in [0, 0.05) is 46.1 Å². The number of carbonyl (C=O) groups is 2. The summed E-state index contributed by atoms with van der Waals surface area (Å²) in [5.41, 5.74) is 0. The highest BCUT2D eigenvalue weighted by molar-refractivity contribution is 5.76. The molecule has 0 atom stereocenters. The topological polar surface area (TPSA) is 61.4 Å². The van der Waals surface area contributed by atoms with E-state index in [1.165, 1.54) is 6.42 Å². The molecule has 17 heavy (non-hydrogen) atoms. The summed E-state index contributed by atoms with van der Waals surface area (Å²) in [5.74, 6) is 0.261. The summed E-state index contributed by atoms with van der Waals surface area (Å²) < 4.78 is 0. The van der Waals surface area contributed by atoms with Crippen molar-refractivity contribution >= 4 is 11.8 Å². The molecule has 98 valence electrons. The normalized spacial score (nSPS) is 15.7. The summed E-state index contributed by atoms with van der Waals surface area (Å²) in [5, 5.41) is 5.67. The van der Waals surface area contributed by atoms with Gasteiger partial charge in [0.15, 0.2) is 0 Å². The van der Waals surface area contributed by atoms with E-state index in [2.05, 4.69) is 10.6 Å². The molecule has 5 heteroatoms. The van der Waals surface area contributed by atoms with Gasteiger partial charge in [-0.1, -0.05) is 0 Å². The van der Waals surface area contributed by atoms with Crippen molar-refractivity contribution in [2.45, 2.75) is 32.1 Å². The number of nitrogens with zero attached hydrogens (tertiary/aromatic N) is 1. The molecule has 0 aromatic carbocycles. The molecule has 1 aliphatic rings. The van der Waals surface area contributed by atoms with Crippen molar-refractivity contribution in [2.75, 3.05) is 33.2 Å². The molecule has 2 N–H and O–H groups in total. The third kappa shape index (κ3) is 5.68. The van der Waals surface area contributed by atoms with Crippen LogP contribution in [-0.2, 0) is 9.59 Å². The van der Waals surface area contributed by atoms with Crippen molar-refractivity contribution in [3.63, 3.8) is 0 Å². The molecule has 0 aliphatic carbocycles. The monoisotopic (exact) mass is 241 g/mol. The van der Waals surface area contributed by atoms with Crippen molar-refractivity contribution in [1.29, 1.82) is 0 Å². The molecule has 0 saturated carbocycles. The number of rotatable bonds is 6. The number of amides is 2. The van der Waals surface area contributed by atoms with Crippen molar-refractivity contribution < 1.29 is 9.59 Å². The first-order valence-corrected chi connectivity index (χ1v) is 6.43.